The minimum atomic E-state index is -0.588. The molecule has 0 saturated carbocycles. The molecule has 0 atom stereocenters. The summed E-state index contributed by atoms with van der Waals surface area (Å²) in [6.45, 7) is 0. The second-order valence-corrected chi connectivity index (χ2v) is 11.9. The Kier molecular flexibility index (Phi) is 5.14. The standard InChI is InChI=1S/C41H25N5/c1-3-13-26(14-4-1)37-43-38(27-15-5-2-6-16-27)45-39(44-37)28-23-24-35-33(25-28)41(40-42-34-21-11-12-22-36(34)46(35)40)31-19-9-7-17-29(31)30-18-8-10-20-32(30)41/h1-25H. The fraction of sp³-hybridized carbons (Fsp3) is 0.0244. The SMILES string of the molecule is c1ccc(-c2nc(-c3ccccc3)nc(-c3ccc4c(c3)C3(c5ccccc5-c5ccccc53)c3nc5ccccc5n3-4)n2)cc1. The van der Waals surface area contributed by atoms with Gasteiger partial charge in [0.1, 0.15) is 11.2 Å². The first-order valence-electron chi connectivity index (χ1n) is 15.5. The summed E-state index contributed by atoms with van der Waals surface area (Å²) >= 11 is 0. The van der Waals surface area contributed by atoms with E-state index in [1.165, 1.54) is 27.8 Å². The average molecular weight is 588 g/mol. The smallest absolute Gasteiger partial charge is 0.164 e. The summed E-state index contributed by atoms with van der Waals surface area (Å²) < 4.78 is 2.35. The molecule has 3 heterocycles. The molecule has 10 rings (SSSR count). The molecule has 1 aliphatic heterocycles. The number of benzene rings is 6. The quantitative estimate of drug-likeness (QED) is 0.207. The summed E-state index contributed by atoms with van der Waals surface area (Å²) in [5.74, 6) is 2.95. The lowest BCUT2D eigenvalue weighted by molar-refractivity contribution is 0.738. The molecule has 1 spiro atoms. The van der Waals surface area contributed by atoms with Crippen LogP contribution in [0.1, 0.15) is 22.5 Å². The summed E-state index contributed by atoms with van der Waals surface area (Å²) in [6, 6.07) is 52.9. The van der Waals surface area contributed by atoms with Gasteiger partial charge < -0.3 is 0 Å². The third kappa shape index (κ3) is 3.34. The van der Waals surface area contributed by atoms with Crippen LogP contribution in [-0.2, 0) is 5.41 Å². The van der Waals surface area contributed by atoms with Gasteiger partial charge in [0.05, 0.1) is 16.7 Å². The first-order chi connectivity index (χ1) is 22.8. The minimum absolute atomic E-state index is 0.588. The molecule has 2 aliphatic rings. The van der Waals surface area contributed by atoms with E-state index in [2.05, 4.69) is 95.6 Å². The Balaban J connectivity index is 1.28. The number of fused-ring (bicyclic) bond motifs is 12. The maximum atomic E-state index is 5.37. The van der Waals surface area contributed by atoms with Gasteiger partial charge in [0.25, 0.3) is 0 Å². The number of nitrogens with zero attached hydrogens (tertiary/aromatic N) is 5. The van der Waals surface area contributed by atoms with Gasteiger partial charge >= 0.3 is 0 Å². The van der Waals surface area contributed by atoms with E-state index < -0.39 is 5.41 Å². The minimum Gasteiger partial charge on any atom is -0.295 e. The fourth-order valence-corrected chi connectivity index (χ4v) is 7.52. The topological polar surface area (TPSA) is 56.5 Å². The first kappa shape index (κ1) is 25.2. The second kappa shape index (κ2) is 9.40. The van der Waals surface area contributed by atoms with Crippen LogP contribution in [0.5, 0.6) is 0 Å². The lowest BCUT2D eigenvalue weighted by Crippen LogP contribution is -2.27. The summed E-state index contributed by atoms with van der Waals surface area (Å²) in [5, 5.41) is 0. The second-order valence-electron chi connectivity index (χ2n) is 11.9. The highest BCUT2D eigenvalue weighted by atomic mass is 15.1. The molecule has 0 amide bonds. The molecule has 0 saturated heterocycles. The van der Waals surface area contributed by atoms with Crippen molar-refractivity contribution in [1.82, 2.24) is 24.5 Å². The van der Waals surface area contributed by atoms with E-state index in [9.17, 15) is 0 Å². The molecule has 214 valence electrons. The molecule has 2 aromatic heterocycles. The third-order valence-corrected chi connectivity index (χ3v) is 9.45. The Morgan fingerprint density at radius 3 is 1.57 bits per heavy atom. The van der Waals surface area contributed by atoms with Crippen molar-refractivity contribution in [2.75, 3.05) is 0 Å². The summed E-state index contributed by atoms with van der Waals surface area (Å²) in [6.07, 6.45) is 0. The van der Waals surface area contributed by atoms with Crippen LogP contribution < -0.4 is 0 Å². The van der Waals surface area contributed by atoms with Crippen LogP contribution in [0.15, 0.2) is 152 Å². The van der Waals surface area contributed by atoms with Crippen molar-refractivity contribution in [3.8, 4) is 51.0 Å². The number of hydrogen-bond donors (Lipinski definition) is 0. The molecular formula is C41H25N5. The van der Waals surface area contributed by atoms with Crippen molar-refractivity contribution >= 4 is 11.0 Å². The Bertz CT molecular complexity index is 2380. The largest absolute Gasteiger partial charge is 0.295 e. The van der Waals surface area contributed by atoms with Gasteiger partial charge in [-0.3, -0.25) is 4.57 Å². The highest BCUT2D eigenvalue weighted by Gasteiger charge is 2.54. The zero-order valence-electron chi connectivity index (χ0n) is 24.7. The van der Waals surface area contributed by atoms with Gasteiger partial charge in [-0.1, -0.05) is 121 Å². The molecular weight excluding hydrogens is 562 g/mol. The first-order valence-corrected chi connectivity index (χ1v) is 15.5. The normalized spacial score (nSPS) is 13.4. The van der Waals surface area contributed by atoms with Crippen molar-refractivity contribution in [3.63, 3.8) is 0 Å². The monoisotopic (exact) mass is 587 g/mol. The molecule has 0 fully saturated rings. The van der Waals surface area contributed by atoms with Crippen LogP contribution in [0.25, 0.3) is 62.0 Å². The van der Waals surface area contributed by atoms with Gasteiger partial charge in [-0.15, -0.1) is 0 Å². The van der Waals surface area contributed by atoms with Crippen LogP contribution in [0.3, 0.4) is 0 Å². The molecule has 46 heavy (non-hydrogen) atoms. The zero-order valence-corrected chi connectivity index (χ0v) is 24.7. The Labute approximate surface area is 265 Å². The van der Waals surface area contributed by atoms with Crippen molar-refractivity contribution in [2.24, 2.45) is 0 Å². The molecule has 8 aromatic rings. The van der Waals surface area contributed by atoms with Gasteiger partial charge in [-0.25, -0.2) is 19.9 Å². The number of hydrogen-bond acceptors (Lipinski definition) is 4. The van der Waals surface area contributed by atoms with E-state index in [0.717, 1.165) is 39.2 Å². The van der Waals surface area contributed by atoms with Gasteiger partial charge in [0.15, 0.2) is 17.5 Å². The molecule has 6 aromatic carbocycles. The van der Waals surface area contributed by atoms with E-state index in [4.69, 9.17) is 19.9 Å². The van der Waals surface area contributed by atoms with Crippen LogP contribution in [-0.4, -0.2) is 24.5 Å². The van der Waals surface area contributed by atoms with Crippen molar-refractivity contribution in [3.05, 3.63) is 174 Å². The Morgan fingerprint density at radius 2 is 0.935 bits per heavy atom. The van der Waals surface area contributed by atoms with Crippen molar-refractivity contribution in [1.29, 1.82) is 0 Å². The maximum Gasteiger partial charge on any atom is 0.164 e. The lowest BCUT2D eigenvalue weighted by Gasteiger charge is -2.27. The van der Waals surface area contributed by atoms with Crippen LogP contribution in [0.2, 0.25) is 0 Å². The Morgan fingerprint density at radius 1 is 0.413 bits per heavy atom. The average Bonchev–Trinajstić information content (AvgIpc) is 3.76. The Hall–Kier alpha value is -6.20. The predicted molar refractivity (Wildman–Crippen MR) is 182 cm³/mol. The molecule has 5 heteroatoms. The molecule has 0 radical (unpaired) electrons. The third-order valence-electron chi connectivity index (χ3n) is 9.45. The van der Waals surface area contributed by atoms with Crippen LogP contribution in [0, 0.1) is 0 Å². The molecule has 0 N–H and O–H groups in total. The van der Waals surface area contributed by atoms with E-state index in [-0.39, 0.29) is 0 Å². The molecule has 5 nitrogen and oxygen atoms in total. The van der Waals surface area contributed by atoms with Gasteiger partial charge in [-0.05, 0) is 58.1 Å². The summed E-state index contributed by atoms with van der Waals surface area (Å²) in [4.78, 5) is 20.4. The van der Waals surface area contributed by atoms with Crippen LogP contribution >= 0.6 is 0 Å². The van der Waals surface area contributed by atoms with E-state index in [0.29, 0.717) is 17.5 Å². The summed E-state index contributed by atoms with van der Waals surface area (Å²) in [7, 11) is 0. The van der Waals surface area contributed by atoms with Gasteiger partial charge in [0, 0.05) is 16.7 Å². The number of rotatable bonds is 3. The zero-order chi connectivity index (χ0) is 30.2. The number of para-hydroxylation sites is 2. The highest BCUT2D eigenvalue weighted by Crippen LogP contribution is 2.60. The van der Waals surface area contributed by atoms with Gasteiger partial charge in [0.2, 0.25) is 0 Å². The van der Waals surface area contributed by atoms with Gasteiger partial charge in [-0.2, -0.15) is 0 Å². The molecule has 1 aliphatic carbocycles. The fourth-order valence-electron chi connectivity index (χ4n) is 7.52. The van der Waals surface area contributed by atoms with E-state index in [1.807, 2.05) is 60.7 Å². The highest BCUT2D eigenvalue weighted by molar-refractivity contribution is 5.92. The number of aromatic nitrogens is 5. The molecule has 0 unspecified atom stereocenters. The summed E-state index contributed by atoms with van der Waals surface area (Å²) in [5.41, 5.74) is 11.6. The number of imidazole rings is 1. The van der Waals surface area contributed by atoms with Crippen molar-refractivity contribution < 1.29 is 0 Å². The van der Waals surface area contributed by atoms with E-state index in [1.54, 1.807) is 0 Å². The maximum absolute atomic E-state index is 5.37. The van der Waals surface area contributed by atoms with Crippen molar-refractivity contribution in [2.45, 2.75) is 5.41 Å². The van der Waals surface area contributed by atoms with Crippen LogP contribution in [0.4, 0.5) is 0 Å². The predicted octanol–water partition coefficient (Wildman–Crippen LogP) is 8.89. The lowest BCUT2D eigenvalue weighted by atomic mass is 9.72. The molecule has 0 bridgehead atoms. The van der Waals surface area contributed by atoms with E-state index >= 15 is 0 Å².